The molecule has 0 heterocycles. The van der Waals surface area contributed by atoms with Crippen LogP contribution in [0.1, 0.15) is 12.8 Å². The molecule has 5 heteroatoms. The molecule has 0 spiro atoms. The van der Waals surface area contributed by atoms with Crippen LogP contribution in [0.15, 0.2) is 12.2 Å². The molecule has 0 aromatic rings. The van der Waals surface area contributed by atoms with Gasteiger partial charge in [-0.3, -0.25) is 4.18 Å². The van der Waals surface area contributed by atoms with Crippen LogP contribution in [0.25, 0.3) is 0 Å². The summed E-state index contributed by atoms with van der Waals surface area (Å²) in [6.45, 7) is 0. The summed E-state index contributed by atoms with van der Waals surface area (Å²) in [7, 11) is -3.41. The molecule has 1 aliphatic rings. The minimum atomic E-state index is -3.41. The van der Waals surface area contributed by atoms with Crippen molar-refractivity contribution < 1.29 is 12.6 Å². The molecule has 4 nitrogen and oxygen atoms in total. The van der Waals surface area contributed by atoms with E-state index < -0.39 is 10.1 Å². The molecule has 0 saturated carbocycles. The smallest absolute Gasteiger partial charge is 0.264 e. The van der Waals surface area contributed by atoms with Crippen LogP contribution >= 0.6 is 0 Å². The zero-order valence-electron chi connectivity index (χ0n) is 7.30. The Labute approximate surface area is 77.9 Å². The van der Waals surface area contributed by atoms with Crippen molar-refractivity contribution in [2.45, 2.75) is 18.9 Å². The first kappa shape index (κ1) is 10.2. The van der Waals surface area contributed by atoms with Crippen molar-refractivity contribution in [3.63, 3.8) is 0 Å². The lowest BCUT2D eigenvalue weighted by molar-refractivity contribution is 0.181. The van der Waals surface area contributed by atoms with Crippen molar-refractivity contribution in [3.8, 4) is 6.07 Å². The standard InChI is InChI=1S/C8H11NO3S/c1-13(10,11)12-8-4-2-3-7(8)5-6-9/h2-3,7-8H,4-5H2,1H3/t7-,8-/m0/s1. The molecular formula is C8H11NO3S. The number of nitriles is 1. The molecule has 72 valence electrons. The van der Waals surface area contributed by atoms with E-state index in [1.807, 2.05) is 18.2 Å². The van der Waals surface area contributed by atoms with Gasteiger partial charge in [-0.1, -0.05) is 12.2 Å². The second-order valence-electron chi connectivity index (χ2n) is 3.03. The van der Waals surface area contributed by atoms with Crippen molar-refractivity contribution >= 4 is 10.1 Å². The van der Waals surface area contributed by atoms with Crippen molar-refractivity contribution in [2.75, 3.05) is 6.26 Å². The Hall–Kier alpha value is -0.860. The molecule has 1 rings (SSSR count). The summed E-state index contributed by atoms with van der Waals surface area (Å²) < 4.78 is 26.4. The average Bonchev–Trinajstić information content (AvgIpc) is 2.34. The van der Waals surface area contributed by atoms with Gasteiger partial charge in [-0.2, -0.15) is 13.7 Å². The maximum absolute atomic E-state index is 10.8. The Morgan fingerprint density at radius 1 is 1.69 bits per heavy atom. The van der Waals surface area contributed by atoms with Crippen LogP contribution in [0.2, 0.25) is 0 Å². The van der Waals surface area contributed by atoms with Crippen molar-refractivity contribution in [1.82, 2.24) is 0 Å². The van der Waals surface area contributed by atoms with Crippen molar-refractivity contribution in [1.29, 1.82) is 5.26 Å². The summed E-state index contributed by atoms with van der Waals surface area (Å²) in [5.41, 5.74) is 0. The van der Waals surface area contributed by atoms with Gasteiger partial charge in [0.1, 0.15) is 0 Å². The van der Waals surface area contributed by atoms with Gasteiger partial charge >= 0.3 is 0 Å². The van der Waals surface area contributed by atoms with Crippen LogP contribution in [-0.2, 0) is 14.3 Å². The fourth-order valence-electron chi connectivity index (χ4n) is 1.33. The van der Waals surface area contributed by atoms with E-state index in [1.54, 1.807) is 0 Å². The predicted molar refractivity (Wildman–Crippen MR) is 47.2 cm³/mol. The van der Waals surface area contributed by atoms with Crippen molar-refractivity contribution in [3.05, 3.63) is 12.2 Å². The molecular weight excluding hydrogens is 190 g/mol. The highest BCUT2D eigenvalue weighted by atomic mass is 32.2. The molecule has 0 fully saturated rings. The fourth-order valence-corrected chi connectivity index (χ4v) is 2.00. The van der Waals surface area contributed by atoms with Gasteiger partial charge in [0, 0.05) is 12.3 Å². The first-order valence-electron chi connectivity index (χ1n) is 3.95. The van der Waals surface area contributed by atoms with Crippen LogP contribution in [-0.4, -0.2) is 20.8 Å². The largest absolute Gasteiger partial charge is 0.266 e. The summed E-state index contributed by atoms with van der Waals surface area (Å²) in [4.78, 5) is 0. The van der Waals surface area contributed by atoms with Gasteiger partial charge in [0.05, 0.1) is 18.4 Å². The maximum Gasteiger partial charge on any atom is 0.264 e. The Kier molecular flexibility index (Phi) is 3.07. The Balaban J connectivity index is 2.58. The third kappa shape index (κ3) is 3.17. The summed E-state index contributed by atoms with van der Waals surface area (Å²) in [6.07, 6.45) is 5.19. The van der Waals surface area contributed by atoms with E-state index in [1.165, 1.54) is 0 Å². The van der Waals surface area contributed by atoms with Gasteiger partial charge in [-0.15, -0.1) is 0 Å². The second kappa shape index (κ2) is 3.90. The zero-order valence-corrected chi connectivity index (χ0v) is 8.12. The quantitative estimate of drug-likeness (QED) is 0.501. The van der Waals surface area contributed by atoms with E-state index in [-0.39, 0.29) is 12.0 Å². The fraction of sp³-hybridized carbons (Fsp3) is 0.625. The van der Waals surface area contributed by atoms with Crippen LogP contribution in [0.5, 0.6) is 0 Å². The highest BCUT2D eigenvalue weighted by Crippen LogP contribution is 2.25. The number of hydrogen-bond acceptors (Lipinski definition) is 4. The van der Waals surface area contributed by atoms with Crippen LogP contribution in [0.3, 0.4) is 0 Å². The molecule has 0 saturated heterocycles. The topological polar surface area (TPSA) is 67.2 Å². The molecule has 0 aromatic carbocycles. The molecule has 0 bridgehead atoms. The first-order chi connectivity index (χ1) is 6.03. The molecule has 0 aliphatic heterocycles. The molecule has 0 aromatic heterocycles. The third-order valence-corrected chi connectivity index (χ3v) is 2.45. The van der Waals surface area contributed by atoms with Gasteiger partial charge < -0.3 is 0 Å². The number of rotatable bonds is 3. The average molecular weight is 201 g/mol. The molecule has 2 atom stereocenters. The van der Waals surface area contributed by atoms with E-state index in [9.17, 15) is 8.42 Å². The molecule has 13 heavy (non-hydrogen) atoms. The summed E-state index contributed by atoms with van der Waals surface area (Å²) in [6, 6.07) is 2.00. The Morgan fingerprint density at radius 2 is 2.38 bits per heavy atom. The lowest BCUT2D eigenvalue weighted by atomic mass is 10.0. The van der Waals surface area contributed by atoms with E-state index >= 15 is 0 Å². The summed E-state index contributed by atoms with van der Waals surface area (Å²) in [5.74, 6) is -0.0836. The second-order valence-corrected chi connectivity index (χ2v) is 4.63. The molecule has 0 N–H and O–H groups in total. The lowest BCUT2D eigenvalue weighted by Crippen LogP contribution is -2.21. The molecule has 1 aliphatic carbocycles. The predicted octanol–water partition coefficient (Wildman–Crippen LogP) is 0.821. The highest BCUT2D eigenvalue weighted by Gasteiger charge is 2.26. The van der Waals surface area contributed by atoms with Crippen LogP contribution < -0.4 is 0 Å². The summed E-state index contributed by atoms with van der Waals surface area (Å²) >= 11 is 0. The van der Waals surface area contributed by atoms with E-state index in [0.29, 0.717) is 12.8 Å². The van der Waals surface area contributed by atoms with Gasteiger partial charge in [0.15, 0.2) is 0 Å². The van der Waals surface area contributed by atoms with Crippen LogP contribution in [0.4, 0.5) is 0 Å². The van der Waals surface area contributed by atoms with Gasteiger partial charge in [0.25, 0.3) is 10.1 Å². The third-order valence-electron chi connectivity index (χ3n) is 1.85. The maximum atomic E-state index is 10.8. The first-order valence-corrected chi connectivity index (χ1v) is 5.76. The van der Waals surface area contributed by atoms with Gasteiger partial charge in [-0.25, -0.2) is 0 Å². The molecule has 0 unspecified atom stereocenters. The van der Waals surface area contributed by atoms with Gasteiger partial charge in [-0.05, 0) is 6.42 Å². The molecule has 0 amide bonds. The number of hydrogen-bond donors (Lipinski definition) is 0. The minimum absolute atomic E-state index is 0.0836. The monoisotopic (exact) mass is 201 g/mol. The van der Waals surface area contributed by atoms with Crippen LogP contribution in [0, 0.1) is 17.2 Å². The van der Waals surface area contributed by atoms with E-state index in [2.05, 4.69) is 0 Å². The van der Waals surface area contributed by atoms with Gasteiger partial charge in [0.2, 0.25) is 0 Å². The van der Waals surface area contributed by atoms with E-state index in [4.69, 9.17) is 9.44 Å². The Morgan fingerprint density at radius 3 is 2.92 bits per heavy atom. The normalized spacial score (nSPS) is 27.4. The number of nitrogens with zero attached hydrogens (tertiary/aromatic N) is 1. The molecule has 0 radical (unpaired) electrons. The Bertz CT molecular complexity index is 339. The highest BCUT2D eigenvalue weighted by molar-refractivity contribution is 7.86. The zero-order chi connectivity index (χ0) is 9.90. The minimum Gasteiger partial charge on any atom is -0.266 e. The van der Waals surface area contributed by atoms with Crippen molar-refractivity contribution in [2.24, 2.45) is 5.92 Å². The summed E-state index contributed by atoms with van der Waals surface area (Å²) in [5, 5.41) is 8.45. The lowest BCUT2D eigenvalue weighted by Gasteiger charge is -2.15. The SMILES string of the molecule is CS(=O)(=O)O[C@H]1CC=C[C@H]1CC#N. The van der Waals surface area contributed by atoms with E-state index in [0.717, 1.165) is 6.26 Å².